The minimum atomic E-state index is -0.791. The summed E-state index contributed by atoms with van der Waals surface area (Å²) in [6.45, 7) is 4.07. The molecule has 0 spiro atoms. The first-order valence-corrected chi connectivity index (χ1v) is 11.2. The fraction of sp³-hybridized carbons (Fsp3) is 0.280. The Morgan fingerprint density at radius 2 is 1.76 bits per heavy atom. The second kappa shape index (κ2) is 10.9. The summed E-state index contributed by atoms with van der Waals surface area (Å²) in [4.78, 5) is 31.9. The third-order valence-electron chi connectivity index (χ3n) is 5.76. The highest BCUT2D eigenvalue weighted by atomic mass is 16.6. The molecule has 4 N–H and O–H groups in total. The van der Waals surface area contributed by atoms with Gasteiger partial charge < -0.3 is 29.9 Å². The number of aliphatic hydroxyl groups excluding tert-OH is 1. The molecule has 1 aromatic heterocycles. The van der Waals surface area contributed by atoms with E-state index in [2.05, 4.69) is 32.5 Å². The number of rotatable bonds is 7. The molecule has 0 radical (unpaired) electrons. The van der Waals surface area contributed by atoms with Gasteiger partial charge in [-0.1, -0.05) is 30.3 Å². The van der Waals surface area contributed by atoms with Crippen molar-refractivity contribution in [3.63, 3.8) is 0 Å². The molecule has 3 aromatic rings. The molecule has 4 rings (SSSR count). The lowest BCUT2D eigenvalue weighted by molar-refractivity contribution is 0.191. The van der Waals surface area contributed by atoms with Crippen molar-refractivity contribution in [1.29, 1.82) is 0 Å². The summed E-state index contributed by atoms with van der Waals surface area (Å²) in [6, 6.07) is 18.2. The summed E-state index contributed by atoms with van der Waals surface area (Å²) in [6.07, 6.45) is -0.127. The van der Waals surface area contributed by atoms with Crippen LogP contribution in [0, 0.1) is 0 Å². The second-order valence-corrected chi connectivity index (χ2v) is 8.21. The van der Waals surface area contributed by atoms with E-state index in [1.165, 1.54) is 6.20 Å². The van der Waals surface area contributed by atoms with Crippen molar-refractivity contribution >= 4 is 23.2 Å². The highest BCUT2D eigenvalue weighted by Gasteiger charge is 2.17. The van der Waals surface area contributed by atoms with E-state index in [1.807, 2.05) is 42.5 Å². The number of amides is 1. The number of anilines is 3. The number of pyridine rings is 1. The first-order chi connectivity index (χ1) is 16.5. The third kappa shape index (κ3) is 5.94. The van der Waals surface area contributed by atoms with Gasteiger partial charge in [0.2, 0.25) is 5.75 Å². The lowest BCUT2D eigenvalue weighted by Crippen LogP contribution is -2.44. The molecule has 1 atom stereocenters. The number of piperazine rings is 1. The molecule has 1 saturated heterocycles. The maximum atomic E-state index is 12.5. The fourth-order valence-electron chi connectivity index (χ4n) is 3.76. The van der Waals surface area contributed by atoms with Crippen LogP contribution in [-0.2, 0) is 0 Å². The van der Waals surface area contributed by atoms with Crippen molar-refractivity contribution in [3.05, 3.63) is 82.8 Å². The monoisotopic (exact) mass is 463 g/mol. The van der Waals surface area contributed by atoms with Crippen LogP contribution in [0.2, 0.25) is 0 Å². The van der Waals surface area contributed by atoms with Gasteiger partial charge in [0.15, 0.2) is 0 Å². The molecule has 2 aromatic carbocycles. The molecular weight excluding hydrogens is 434 g/mol. The Balaban J connectivity index is 1.37. The molecule has 0 saturated carbocycles. The lowest BCUT2D eigenvalue weighted by Gasteiger charge is -2.34. The van der Waals surface area contributed by atoms with Crippen LogP contribution in [0.25, 0.3) is 0 Å². The molecule has 0 unspecified atom stereocenters. The SMILES string of the molecule is CN1CCN(c2ccc(NC(=O)Oc3c(NC[C@@H](O)c4ccccc4)cc[nH]c3=O)cc2)CC1. The summed E-state index contributed by atoms with van der Waals surface area (Å²) >= 11 is 0. The van der Waals surface area contributed by atoms with Gasteiger partial charge in [-0.2, -0.15) is 0 Å². The molecular formula is C25H29N5O4. The topological polar surface area (TPSA) is 110 Å². The summed E-state index contributed by atoms with van der Waals surface area (Å²) in [7, 11) is 2.11. The third-order valence-corrected chi connectivity index (χ3v) is 5.76. The normalized spacial score (nSPS) is 14.9. The molecule has 1 aliphatic rings. The van der Waals surface area contributed by atoms with E-state index < -0.39 is 17.8 Å². The summed E-state index contributed by atoms with van der Waals surface area (Å²) in [5.74, 6) is -0.172. The van der Waals surface area contributed by atoms with Crippen LogP contribution in [-0.4, -0.2) is 60.9 Å². The largest absolute Gasteiger partial charge is 0.417 e. The number of hydrogen-bond donors (Lipinski definition) is 4. The predicted molar refractivity (Wildman–Crippen MR) is 133 cm³/mol. The Kier molecular flexibility index (Phi) is 7.46. The van der Waals surface area contributed by atoms with E-state index in [0.29, 0.717) is 11.4 Å². The van der Waals surface area contributed by atoms with Crippen LogP contribution in [0.1, 0.15) is 11.7 Å². The molecule has 1 amide bonds. The van der Waals surface area contributed by atoms with Crippen LogP contribution in [0.15, 0.2) is 71.7 Å². The number of ether oxygens (including phenoxy) is 1. The maximum absolute atomic E-state index is 12.5. The zero-order chi connectivity index (χ0) is 23.9. The quantitative estimate of drug-likeness (QED) is 0.427. The van der Waals surface area contributed by atoms with Crippen molar-refractivity contribution in [2.45, 2.75) is 6.10 Å². The number of H-pyrrole nitrogens is 1. The number of aromatic nitrogens is 1. The Bertz CT molecular complexity index is 1140. The van der Waals surface area contributed by atoms with Crippen molar-refractivity contribution < 1.29 is 14.6 Å². The molecule has 0 bridgehead atoms. The van der Waals surface area contributed by atoms with Crippen molar-refractivity contribution in [1.82, 2.24) is 9.88 Å². The number of likely N-dealkylation sites (N-methyl/N-ethyl adjacent to an activating group) is 1. The molecule has 1 fully saturated rings. The number of nitrogens with zero attached hydrogens (tertiary/aromatic N) is 2. The molecule has 9 nitrogen and oxygen atoms in total. The molecule has 9 heteroatoms. The zero-order valence-corrected chi connectivity index (χ0v) is 19.0. The average Bonchev–Trinajstić information content (AvgIpc) is 2.86. The molecule has 0 aliphatic carbocycles. The van der Waals surface area contributed by atoms with Crippen molar-refractivity contribution in [2.24, 2.45) is 0 Å². The van der Waals surface area contributed by atoms with Gasteiger partial charge in [-0.15, -0.1) is 0 Å². The van der Waals surface area contributed by atoms with Crippen molar-refractivity contribution in [3.8, 4) is 5.75 Å². The van der Waals surface area contributed by atoms with Crippen LogP contribution >= 0.6 is 0 Å². The van der Waals surface area contributed by atoms with Gasteiger partial charge in [0.05, 0.1) is 11.8 Å². The lowest BCUT2D eigenvalue weighted by atomic mass is 10.1. The van der Waals surface area contributed by atoms with E-state index in [4.69, 9.17) is 4.74 Å². The standard InChI is InChI=1S/C25H29N5O4/c1-29-13-15-30(16-14-29)20-9-7-19(8-10-20)28-25(33)34-23-21(11-12-26-24(23)32)27-17-22(31)18-5-3-2-4-6-18/h2-12,22,31H,13-17H2,1H3,(H,28,33)(H2,26,27,32)/t22-/m1/s1. The van der Waals surface area contributed by atoms with Crippen LogP contribution in [0.4, 0.5) is 21.9 Å². The Labute approximate surface area is 198 Å². The van der Waals surface area contributed by atoms with Gasteiger partial charge in [0, 0.05) is 50.3 Å². The minimum Gasteiger partial charge on any atom is -0.402 e. The summed E-state index contributed by atoms with van der Waals surface area (Å²) in [5.41, 5.74) is 2.14. The van der Waals surface area contributed by atoms with Crippen LogP contribution in [0.5, 0.6) is 5.75 Å². The smallest absolute Gasteiger partial charge is 0.402 e. The van der Waals surface area contributed by atoms with Crippen LogP contribution < -0.4 is 25.8 Å². The van der Waals surface area contributed by atoms with E-state index in [1.54, 1.807) is 18.2 Å². The fourth-order valence-corrected chi connectivity index (χ4v) is 3.76. The molecule has 34 heavy (non-hydrogen) atoms. The van der Waals surface area contributed by atoms with Gasteiger partial charge in [0.1, 0.15) is 0 Å². The van der Waals surface area contributed by atoms with Gasteiger partial charge >= 0.3 is 6.09 Å². The minimum absolute atomic E-state index is 0.138. The molecule has 178 valence electrons. The maximum Gasteiger partial charge on any atom is 0.417 e. The number of aromatic amines is 1. The highest BCUT2D eigenvalue weighted by Crippen LogP contribution is 2.22. The number of hydrogen-bond acceptors (Lipinski definition) is 7. The van der Waals surface area contributed by atoms with Gasteiger partial charge in [-0.3, -0.25) is 10.1 Å². The highest BCUT2D eigenvalue weighted by molar-refractivity contribution is 5.87. The van der Waals surface area contributed by atoms with E-state index in [9.17, 15) is 14.7 Å². The van der Waals surface area contributed by atoms with Crippen LogP contribution in [0.3, 0.4) is 0 Å². The Hall–Kier alpha value is -3.82. The molecule has 1 aliphatic heterocycles. The number of carbonyl (C=O) groups is 1. The number of nitrogens with one attached hydrogen (secondary N) is 3. The van der Waals surface area contributed by atoms with E-state index in [-0.39, 0.29) is 12.3 Å². The van der Waals surface area contributed by atoms with E-state index in [0.717, 1.165) is 37.4 Å². The van der Waals surface area contributed by atoms with E-state index >= 15 is 0 Å². The number of carbonyl (C=O) groups excluding carboxylic acids is 1. The predicted octanol–water partition coefficient (Wildman–Crippen LogP) is 2.88. The summed E-state index contributed by atoms with van der Waals surface area (Å²) < 4.78 is 5.32. The average molecular weight is 464 g/mol. The van der Waals surface area contributed by atoms with Gasteiger partial charge in [0.25, 0.3) is 5.56 Å². The Morgan fingerprint density at radius 1 is 1.06 bits per heavy atom. The zero-order valence-electron chi connectivity index (χ0n) is 19.0. The van der Waals surface area contributed by atoms with Crippen molar-refractivity contribution in [2.75, 3.05) is 55.3 Å². The second-order valence-electron chi connectivity index (χ2n) is 8.21. The molecule has 2 heterocycles. The first kappa shape index (κ1) is 23.3. The number of aliphatic hydroxyl groups is 1. The Morgan fingerprint density at radius 3 is 2.47 bits per heavy atom. The first-order valence-electron chi connectivity index (χ1n) is 11.2. The number of benzene rings is 2. The summed E-state index contributed by atoms with van der Waals surface area (Å²) in [5, 5.41) is 16.0. The van der Waals surface area contributed by atoms with Gasteiger partial charge in [-0.05, 0) is 42.9 Å². The van der Waals surface area contributed by atoms with Gasteiger partial charge in [-0.25, -0.2) is 4.79 Å².